The highest BCUT2D eigenvalue weighted by molar-refractivity contribution is 5.99. The minimum Gasteiger partial charge on any atom is -0.325 e. The molecule has 4 rings (SSSR count). The standard InChI is InChI=1S/C26H22N4/c1-4-6-19-11-17(2)26(18(3)12-19)22-8-5-7-21-16-29-25(13-23(21)22)30-24-10-9-20(14-27)15-28-24/h4-13,15-16H,1-3H3,(H,28,29,30)/b6-4+. The molecule has 0 aliphatic heterocycles. The quantitative estimate of drug-likeness (QED) is 0.428. The molecule has 0 unspecified atom stereocenters. The van der Waals surface area contributed by atoms with E-state index < -0.39 is 0 Å². The molecule has 4 heteroatoms. The predicted octanol–water partition coefficient (Wildman–Crippen LogP) is 6.56. The molecule has 4 nitrogen and oxygen atoms in total. The van der Waals surface area contributed by atoms with Gasteiger partial charge in [-0.05, 0) is 72.2 Å². The zero-order valence-electron chi connectivity index (χ0n) is 17.3. The van der Waals surface area contributed by atoms with Crippen molar-refractivity contribution in [3.63, 3.8) is 0 Å². The van der Waals surface area contributed by atoms with Crippen molar-refractivity contribution in [2.75, 3.05) is 5.32 Å². The van der Waals surface area contributed by atoms with Crippen molar-refractivity contribution in [3.8, 4) is 17.2 Å². The van der Waals surface area contributed by atoms with Crippen molar-refractivity contribution in [3.05, 3.63) is 89.3 Å². The third kappa shape index (κ3) is 3.78. The van der Waals surface area contributed by atoms with Gasteiger partial charge in [0.25, 0.3) is 0 Å². The Bertz CT molecular complexity index is 1270. The van der Waals surface area contributed by atoms with Gasteiger partial charge in [-0.2, -0.15) is 5.26 Å². The molecule has 0 bridgehead atoms. The molecule has 0 radical (unpaired) electrons. The summed E-state index contributed by atoms with van der Waals surface area (Å²) in [5.74, 6) is 1.37. The van der Waals surface area contributed by atoms with E-state index in [-0.39, 0.29) is 0 Å². The van der Waals surface area contributed by atoms with Crippen LogP contribution in [-0.4, -0.2) is 9.97 Å². The van der Waals surface area contributed by atoms with Crippen LogP contribution in [0.1, 0.15) is 29.2 Å². The molecule has 0 aliphatic rings. The van der Waals surface area contributed by atoms with E-state index in [0.717, 1.165) is 10.8 Å². The van der Waals surface area contributed by atoms with Crippen molar-refractivity contribution in [2.45, 2.75) is 20.8 Å². The van der Waals surface area contributed by atoms with E-state index >= 15 is 0 Å². The van der Waals surface area contributed by atoms with Crippen molar-refractivity contribution in [1.29, 1.82) is 5.26 Å². The maximum absolute atomic E-state index is 8.94. The van der Waals surface area contributed by atoms with Crippen LogP contribution in [0.25, 0.3) is 28.0 Å². The number of allylic oxidation sites excluding steroid dienone is 1. The number of aryl methyl sites for hydroxylation is 2. The van der Waals surface area contributed by atoms with Crippen LogP contribution in [0.15, 0.2) is 67.0 Å². The Morgan fingerprint density at radius 3 is 2.37 bits per heavy atom. The van der Waals surface area contributed by atoms with Crippen LogP contribution < -0.4 is 5.32 Å². The third-order valence-electron chi connectivity index (χ3n) is 5.10. The number of benzene rings is 2. The fourth-order valence-corrected chi connectivity index (χ4v) is 3.83. The summed E-state index contributed by atoms with van der Waals surface area (Å²) in [5, 5.41) is 14.4. The molecule has 0 saturated heterocycles. The number of nitrogens with one attached hydrogen (secondary N) is 1. The average Bonchev–Trinajstić information content (AvgIpc) is 2.74. The van der Waals surface area contributed by atoms with Crippen LogP contribution in [0.2, 0.25) is 0 Å². The molecular weight excluding hydrogens is 368 g/mol. The van der Waals surface area contributed by atoms with E-state index in [0.29, 0.717) is 17.2 Å². The highest BCUT2D eigenvalue weighted by Gasteiger charge is 2.11. The van der Waals surface area contributed by atoms with Gasteiger partial charge in [0.2, 0.25) is 0 Å². The molecule has 2 aromatic carbocycles. The summed E-state index contributed by atoms with van der Waals surface area (Å²) in [6.07, 6.45) is 7.62. The summed E-state index contributed by atoms with van der Waals surface area (Å²) in [6, 6.07) is 18.4. The van der Waals surface area contributed by atoms with Gasteiger partial charge in [0.15, 0.2) is 0 Å². The van der Waals surface area contributed by atoms with Gasteiger partial charge >= 0.3 is 0 Å². The summed E-state index contributed by atoms with van der Waals surface area (Å²) < 4.78 is 0. The Balaban J connectivity index is 1.80. The van der Waals surface area contributed by atoms with Crippen molar-refractivity contribution < 1.29 is 0 Å². The second kappa shape index (κ2) is 8.18. The monoisotopic (exact) mass is 390 g/mol. The molecule has 2 aromatic heterocycles. The molecule has 0 aliphatic carbocycles. The Morgan fingerprint density at radius 1 is 0.933 bits per heavy atom. The van der Waals surface area contributed by atoms with Gasteiger partial charge in [-0.3, -0.25) is 0 Å². The normalized spacial score (nSPS) is 11.0. The molecular formula is C26H22N4. The highest BCUT2D eigenvalue weighted by atomic mass is 15.0. The maximum atomic E-state index is 8.94. The van der Waals surface area contributed by atoms with E-state index in [1.165, 1.54) is 27.8 Å². The number of nitrogens with zero attached hydrogens (tertiary/aromatic N) is 3. The molecule has 146 valence electrons. The topological polar surface area (TPSA) is 61.6 Å². The van der Waals surface area contributed by atoms with E-state index in [2.05, 4.69) is 83.8 Å². The Morgan fingerprint density at radius 2 is 1.70 bits per heavy atom. The van der Waals surface area contributed by atoms with E-state index in [9.17, 15) is 0 Å². The zero-order chi connectivity index (χ0) is 21.1. The molecule has 4 aromatic rings. The number of nitriles is 1. The van der Waals surface area contributed by atoms with Gasteiger partial charge in [-0.25, -0.2) is 9.97 Å². The summed E-state index contributed by atoms with van der Waals surface area (Å²) in [6.45, 7) is 6.36. The van der Waals surface area contributed by atoms with Crippen molar-refractivity contribution in [1.82, 2.24) is 9.97 Å². The number of rotatable bonds is 4. The lowest BCUT2D eigenvalue weighted by Crippen LogP contribution is -1.97. The summed E-state index contributed by atoms with van der Waals surface area (Å²) in [7, 11) is 0. The third-order valence-corrected chi connectivity index (χ3v) is 5.10. The summed E-state index contributed by atoms with van der Waals surface area (Å²) in [4.78, 5) is 8.82. The number of hydrogen-bond donors (Lipinski definition) is 1. The van der Waals surface area contributed by atoms with Crippen LogP contribution in [0, 0.1) is 25.2 Å². The fourth-order valence-electron chi connectivity index (χ4n) is 3.83. The molecule has 0 spiro atoms. The van der Waals surface area contributed by atoms with Gasteiger partial charge in [0.05, 0.1) is 5.56 Å². The minimum atomic E-state index is 0.529. The first-order chi connectivity index (χ1) is 14.6. The van der Waals surface area contributed by atoms with Crippen LogP contribution in [0.3, 0.4) is 0 Å². The first kappa shape index (κ1) is 19.4. The van der Waals surface area contributed by atoms with Gasteiger partial charge in [-0.15, -0.1) is 0 Å². The lowest BCUT2D eigenvalue weighted by atomic mass is 9.90. The Hall–Kier alpha value is -3.97. The first-order valence-electron chi connectivity index (χ1n) is 9.85. The van der Waals surface area contributed by atoms with Crippen molar-refractivity contribution >= 4 is 28.5 Å². The lowest BCUT2D eigenvalue weighted by Gasteiger charge is -2.15. The second-order valence-electron chi connectivity index (χ2n) is 7.29. The number of hydrogen-bond acceptors (Lipinski definition) is 4. The number of anilines is 2. The van der Waals surface area contributed by atoms with E-state index in [1.807, 2.05) is 13.1 Å². The number of pyridine rings is 2. The summed E-state index contributed by atoms with van der Waals surface area (Å²) in [5.41, 5.74) is 6.68. The average molecular weight is 390 g/mol. The minimum absolute atomic E-state index is 0.529. The lowest BCUT2D eigenvalue weighted by molar-refractivity contribution is 1.25. The number of aromatic nitrogens is 2. The zero-order valence-corrected chi connectivity index (χ0v) is 17.3. The Kier molecular flexibility index (Phi) is 5.28. The SMILES string of the molecule is C/C=C/c1cc(C)c(-c2cccc3cnc(Nc4ccc(C#N)cn4)cc23)c(C)c1. The largest absolute Gasteiger partial charge is 0.325 e. The first-order valence-corrected chi connectivity index (χ1v) is 9.85. The molecule has 1 N–H and O–H groups in total. The molecule has 0 amide bonds. The molecule has 2 heterocycles. The molecule has 0 atom stereocenters. The van der Waals surface area contributed by atoms with Crippen LogP contribution in [-0.2, 0) is 0 Å². The van der Waals surface area contributed by atoms with Crippen LogP contribution in [0.4, 0.5) is 11.6 Å². The molecule has 0 saturated carbocycles. The highest BCUT2D eigenvalue weighted by Crippen LogP contribution is 2.35. The number of fused-ring (bicyclic) bond motifs is 1. The van der Waals surface area contributed by atoms with E-state index in [1.54, 1.807) is 18.3 Å². The predicted molar refractivity (Wildman–Crippen MR) is 124 cm³/mol. The fraction of sp³-hybridized carbons (Fsp3) is 0.115. The maximum Gasteiger partial charge on any atom is 0.132 e. The van der Waals surface area contributed by atoms with Crippen LogP contribution in [0.5, 0.6) is 0 Å². The molecule has 30 heavy (non-hydrogen) atoms. The van der Waals surface area contributed by atoms with Gasteiger partial charge < -0.3 is 5.32 Å². The smallest absolute Gasteiger partial charge is 0.132 e. The van der Waals surface area contributed by atoms with Crippen LogP contribution >= 0.6 is 0 Å². The van der Waals surface area contributed by atoms with E-state index in [4.69, 9.17) is 5.26 Å². The summed E-state index contributed by atoms with van der Waals surface area (Å²) >= 11 is 0. The van der Waals surface area contributed by atoms with Crippen molar-refractivity contribution in [2.24, 2.45) is 0 Å². The molecule has 0 fully saturated rings. The van der Waals surface area contributed by atoms with Gasteiger partial charge in [0, 0.05) is 17.8 Å². The van der Waals surface area contributed by atoms with Gasteiger partial charge in [0.1, 0.15) is 17.7 Å². The second-order valence-corrected chi connectivity index (χ2v) is 7.29. The Labute approximate surface area is 176 Å². The van der Waals surface area contributed by atoms with Gasteiger partial charge in [-0.1, -0.05) is 42.5 Å².